The van der Waals surface area contributed by atoms with Crippen LogP contribution >= 0.6 is 45.4 Å². The molecule has 0 nitrogen and oxygen atoms in total. The molecule has 0 aliphatic rings. The molecule has 9 heavy (non-hydrogen) atoms. The van der Waals surface area contributed by atoms with Gasteiger partial charge in [0.25, 0.3) is 0 Å². The third-order valence-corrected chi connectivity index (χ3v) is 1.82. The van der Waals surface area contributed by atoms with Gasteiger partial charge in [-0.2, -0.15) is 0 Å². The SMILES string of the molecule is Brc1[c]ccs1.[Cl][Mg][Cl]. The fraction of sp³-hybridized carbons (Fsp3) is 0. The van der Waals surface area contributed by atoms with Gasteiger partial charge in [0.2, 0.25) is 0 Å². The molecule has 0 spiro atoms. The first-order valence-corrected chi connectivity index (χ1v) is 7.98. The first-order valence-electron chi connectivity index (χ1n) is 2.04. The summed E-state index contributed by atoms with van der Waals surface area (Å²) in [6, 6.07) is 4.82. The Bertz CT molecular complexity index is 133. The van der Waals surface area contributed by atoms with Crippen LogP contribution in [0.5, 0.6) is 0 Å². The molecule has 0 aliphatic carbocycles. The Morgan fingerprint density at radius 3 is 2.33 bits per heavy atom. The van der Waals surface area contributed by atoms with Crippen molar-refractivity contribution in [3.63, 3.8) is 0 Å². The maximum Gasteiger partial charge on any atom is 0.618 e. The summed E-state index contributed by atoms with van der Waals surface area (Å²) in [6.07, 6.45) is 0. The summed E-state index contributed by atoms with van der Waals surface area (Å²) in [5, 5.41) is 1.98. The Balaban J connectivity index is 0.000000187. The van der Waals surface area contributed by atoms with Crippen molar-refractivity contribution in [1.29, 1.82) is 0 Å². The van der Waals surface area contributed by atoms with Gasteiger partial charge in [0, 0.05) is 6.07 Å². The smallest absolute Gasteiger partial charge is 0.309 e. The van der Waals surface area contributed by atoms with Crippen molar-refractivity contribution >= 4 is 63.6 Å². The first-order chi connectivity index (χ1) is 4.31. The van der Waals surface area contributed by atoms with E-state index in [9.17, 15) is 0 Å². The Morgan fingerprint density at radius 2 is 2.22 bits per heavy atom. The first kappa shape index (κ1) is 10.5. The van der Waals surface area contributed by atoms with Crippen LogP contribution in [0.15, 0.2) is 15.2 Å². The van der Waals surface area contributed by atoms with Crippen molar-refractivity contribution in [3.05, 3.63) is 21.3 Å². The summed E-state index contributed by atoms with van der Waals surface area (Å²) in [5.74, 6) is 0. The van der Waals surface area contributed by atoms with Gasteiger partial charge in [-0.15, -0.1) is 11.3 Å². The molecule has 0 aromatic carbocycles. The normalized spacial score (nSPS) is 7.00. The van der Waals surface area contributed by atoms with Crippen LogP contribution in [0.3, 0.4) is 0 Å². The van der Waals surface area contributed by atoms with Crippen LogP contribution in [0.4, 0.5) is 0 Å². The summed E-state index contributed by atoms with van der Waals surface area (Å²) < 4.78 is 1.07. The third kappa shape index (κ3) is 7.42. The molecule has 1 rings (SSSR count). The molecule has 1 aromatic heterocycles. The van der Waals surface area contributed by atoms with Crippen molar-refractivity contribution in [2.75, 3.05) is 0 Å². The number of thiophene rings is 1. The molecule has 1 radical (unpaired) electrons. The molecular formula is C4H2BrCl2MgS. The van der Waals surface area contributed by atoms with Gasteiger partial charge in [-0.1, -0.05) is 0 Å². The molecule has 1 heterocycles. The minimum Gasteiger partial charge on any atom is -0.309 e. The Labute approximate surface area is 84.0 Å². The number of halogens is 3. The van der Waals surface area contributed by atoms with Gasteiger partial charge >= 0.3 is 18.2 Å². The van der Waals surface area contributed by atoms with E-state index in [0.717, 1.165) is 3.79 Å². The molecule has 0 aliphatic heterocycles. The molecule has 0 N–H and O–H groups in total. The van der Waals surface area contributed by atoms with E-state index in [1.807, 2.05) is 11.4 Å². The Morgan fingerprint density at radius 1 is 1.67 bits per heavy atom. The largest absolute Gasteiger partial charge is 0.618 e. The van der Waals surface area contributed by atoms with Crippen LogP contribution in [0, 0.1) is 6.07 Å². The second-order valence-electron chi connectivity index (χ2n) is 0.940. The van der Waals surface area contributed by atoms with E-state index in [0.29, 0.717) is 0 Å². The zero-order valence-electron chi connectivity index (χ0n) is 4.40. The summed E-state index contributed by atoms with van der Waals surface area (Å²) in [6.45, 7) is 0. The van der Waals surface area contributed by atoms with Crippen LogP contribution in [0.25, 0.3) is 0 Å². The number of hydrogen-bond acceptors (Lipinski definition) is 1. The van der Waals surface area contributed by atoms with Crippen LogP contribution in [-0.4, -0.2) is 18.2 Å². The van der Waals surface area contributed by atoms with Gasteiger partial charge in [0.05, 0.1) is 3.79 Å². The monoisotopic (exact) mass is 255 g/mol. The molecular weight excluding hydrogens is 255 g/mol. The van der Waals surface area contributed by atoms with E-state index >= 15 is 0 Å². The van der Waals surface area contributed by atoms with E-state index in [4.69, 9.17) is 18.1 Å². The molecule has 0 unspecified atom stereocenters. The van der Waals surface area contributed by atoms with Crippen LogP contribution in [-0.2, 0) is 0 Å². The zero-order chi connectivity index (χ0) is 7.11. The lowest BCUT2D eigenvalue weighted by Crippen LogP contribution is -1.36. The number of hydrogen-bond donors (Lipinski definition) is 0. The zero-order valence-corrected chi connectivity index (χ0v) is 9.73. The molecule has 0 bridgehead atoms. The minimum atomic E-state index is -0.639. The highest BCUT2D eigenvalue weighted by Gasteiger charge is 1.78. The highest BCUT2D eigenvalue weighted by atomic mass is 79.9. The summed E-state index contributed by atoms with van der Waals surface area (Å²) >= 11 is 4.24. The lowest BCUT2D eigenvalue weighted by atomic mass is 10.7. The average molecular weight is 257 g/mol. The van der Waals surface area contributed by atoms with Gasteiger partial charge in [-0.05, 0) is 27.4 Å². The van der Waals surface area contributed by atoms with Gasteiger partial charge < -0.3 is 18.1 Å². The predicted octanol–water partition coefficient (Wildman–Crippen LogP) is 3.31. The quantitative estimate of drug-likeness (QED) is 0.625. The third-order valence-electron chi connectivity index (χ3n) is 0.436. The maximum atomic E-state index is 4.90. The standard InChI is InChI=1S/C4H2BrS.2ClH.Mg/c5-4-2-1-3-6-4;;;/h1,3H;2*1H;/q;;;+2/p-2. The maximum absolute atomic E-state index is 4.90. The van der Waals surface area contributed by atoms with Gasteiger partial charge in [0.15, 0.2) is 0 Å². The molecule has 0 atom stereocenters. The van der Waals surface area contributed by atoms with Gasteiger partial charge in [-0.25, -0.2) is 0 Å². The molecule has 5 heteroatoms. The van der Waals surface area contributed by atoms with Crippen molar-refractivity contribution in [2.24, 2.45) is 0 Å². The lowest BCUT2D eigenvalue weighted by molar-refractivity contribution is 1.93. The van der Waals surface area contributed by atoms with Crippen molar-refractivity contribution in [3.8, 4) is 0 Å². The molecule has 47 valence electrons. The average Bonchev–Trinajstić information content (AvgIpc) is 2.20. The van der Waals surface area contributed by atoms with Crippen molar-refractivity contribution in [2.45, 2.75) is 0 Å². The highest BCUT2D eigenvalue weighted by molar-refractivity contribution is 9.11. The summed E-state index contributed by atoms with van der Waals surface area (Å²) in [4.78, 5) is 0. The van der Waals surface area contributed by atoms with Crippen LogP contribution in [0.2, 0.25) is 0 Å². The lowest BCUT2D eigenvalue weighted by Gasteiger charge is -1.61. The van der Waals surface area contributed by atoms with E-state index in [1.54, 1.807) is 11.3 Å². The fourth-order valence-corrected chi connectivity index (χ4v) is 1.07. The molecule has 0 amide bonds. The van der Waals surface area contributed by atoms with Crippen LogP contribution < -0.4 is 0 Å². The molecule has 1 aromatic rings. The van der Waals surface area contributed by atoms with Gasteiger partial charge in [-0.3, -0.25) is 0 Å². The summed E-state index contributed by atoms with van der Waals surface area (Å²) in [7, 11) is 9.81. The molecule has 0 saturated carbocycles. The van der Waals surface area contributed by atoms with E-state index < -0.39 is 18.2 Å². The fourth-order valence-electron chi connectivity index (χ4n) is 0.227. The van der Waals surface area contributed by atoms with Gasteiger partial charge in [0.1, 0.15) is 0 Å². The van der Waals surface area contributed by atoms with E-state index in [-0.39, 0.29) is 0 Å². The summed E-state index contributed by atoms with van der Waals surface area (Å²) in [5.41, 5.74) is 0. The molecule has 0 fully saturated rings. The van der Waals surface area contributed by atoms with E-state index in [2.05, 4.69) is 22.0 Å². The molecule has 0 saturated heterocycles. The van der Waals surface area contributed by atoms with E-state index in [1.165, 1.54) is 0 Å². The van der Waals surface area contributed by atoms with Crippen molar-refractivity contribution < 1.29 is 0 Å². The Kier molecular flexibility index (Phi) is 8.93. The predicted molar refractivity (Wildman–Crippen MR) is 48.3 cm³/mol. The topological polar surface area (TPSA) is 0 Å². The van der Waals surface area contributed by atoms with Crippen LogP contribution in [0.1, 0.15) is 0 Å². The minimum absolute atomic E-state index is 0.639. The number of rotatable bonds is 0. The van der Waals surface area contributed by atoms with Crippen molar-refractivity contribution in [1.82, 2.24) is 0 Å². The second-order valence-corrected chi connectivity index (χ2v) is 5.80. The Hall–Kier alpha value is 1.53. The highest BCUT2D eigenvalue weighted by Crippen LogP contribution is 2.13. The second kappa shape index (κ2) is 7.63.